The van der Waals surface area contributed by atoms with Crippen LogP contribution < -0.4 is 0 Å². The highest BCUT2D eigenvalue weighted by Gasteiger charge is 2.45. The number of rotatable bonds is 7. The second kappa shape index (κ2) is 7.87. The van der Waals surface area contributed by atoms with Crippen LogP contribution in [0.2, 0.25) is 0 Å². The SMILES string of the molecule is C/C=C/C(CCC)(C(=O)OCC)C(=O)OCC. The van der Waals surface area contributed by atoms with Crippen molar-refractivity contribution in [2.75, 3.05) is 13.2 Å². The van der Waals surface area contributed by atoms with Crippen molar-refractivity contribution < 1.29 is 19.1 Å². The van der Waals surface area contributed by atoms with Crippen LogP contribution >= 0.6 is 0 Å². The fourth-order valence-electron chi connectivity index (χ4n) is 1.71. The molecule has 0 amide bonds. The molecule has 0 aliphatic carbocycles. The molecular weight excluding hydrogens is 220 g/mol. The second-order valence-corrected chi connectivity index (χ2v) is 3.66. The summed E-state index contributed by atoms with van der Waals surface area (Å²) in [4.78, 5) is 24.0. The van der Waals surface area contributed by atoms with E-state index < -0.39 is 17.4 Å². The molecule has 0 fully saturated rings. The van der Waals surface area contributed by atoms with Gasteiger partial charge < -0.3 is 9.47 Å². The van der Waals surface area contributed by atoms with Gasteiger partial charge in [-0.25, -0.2) is 0 Å². The van der Waals surface area contributed by atoms with E-state index in [9.17, 15) is 9.59 Å². The maximum Gasteiger partial charge on any atom is 0.327 e. The Balaban J connectivity index is 5.24. The number of hydrogen-bond donors (Lipinski definition) is 0. The quantitative estimate of drug-likeness (QED) is 0.391. The van der Waals surface area contributed by atoms with Crippen LogP contribution in [-0.4, -0.2) is 25.2 Å². The zero-order valence-corrected chi connectivity index (χ0v) is 11.1. The summed E-state index contributed by atoms with van der Waals surface area (Å²) < 4.78 is 9.98. The molecule has 0 atom stereocenters. The Morgan fingerprint density at radius 2 is 1.53 bits per heavy atom. The number of esters is 2. The van der Waals surface area contributed by atoms with Gasteiger partial charge in [0.25, 0.3) is 0 Å². The van der Waals surface area contributed by atoms with Crippen molar-refractivity contribution in [3.63, 3.8) is 0 Å². The zero-order valence-electron chi connectivity index (χ0n) is 11.1. The number of allylic oxidation sites excluding steroid dienone is 1. The van der Waals surface area contributed by atoms with Crippen molar-refractivity contribution >= 4 is 11.9 Å². The lowest BCUT2D eigenvalue weighted by molar-refractivity contribution is -0.168. The number of hydrogen-bond acceptors (Lipinski definition) is 4. The van der Waals surface area contributed by atoms with Crippen LogP contribution in [0.4, 0.5) is 0 Å². The maximum absolute atomic E-state index is 12.0. The van der Waals surface area contributed by atoms with Crippen molar-refractivity contribution in [2.24, 2.45) is 5.41 Å². The Hall–Kier alpha value is -1.32. The van der Waals surface area contributed by atoms with Gasteiger partial charge in [0.15, 0.2) is 5.41 Å². The molecular formula is C13H22O4. The predicted octanol–water partition coefficient (Wildman–Crippen LogP) is 2.48. The molecule has 0 saturated carbocycles. The first-order chi connectivity index (χ1) is 8.08. The Morgan fingerprint density at radius 3 is 1.82 bits per heavy atom. The molecule has 0 aromatic rings. The van der Waals surface area contributed by atoms with Gasteiger partial charge in [-0.2, -0.15) is 0 Å². The minimum Gasteiger partial charge on any atom is -0.465 e. The van der Waals surface area contributed by atoms with Gasteiger partial charge in [-0.15, -0.1) is 0 Å². The number of carbonyl (C=O) groups excluding carboxylic acids is 2. The largest absolute Gasteiger partial charge is 0.465 e. The fraction of sp³-hybridized carbons (Fsp3) is 0.692. The van der Waals surface area contributed by atoms with Crippen molar-refractivity contribution in [1.82, 2.24) is 0 Å². The molecule has 0 N–H and O–H groups in total. The third-order valence-corrected chi connectivity index (χ3v) is 2.37. The Labute approximate surface area is 103 Å². The van der Waals surface area contributed by atoms with Gasteiger partial charge in [0, 0.05) is 0 Å². The first-order valence-corrected chi connectivity index (χ1v) is 6.07. The standard InChI is InChI=1S/C13H22O4/c1-5-9-13(10-6-2,11(14)16-7-3)12(15)17-8-4/h5,9H,6-8,10H2,1-4H3/b9-5+. The molecule has 0 aliphatic heterocycles. The lowest BCUT2D eigenvalue weighted by Crippen LogP contribution is -2.40. The molecule has 0 bridgehead atoms. The summed E-state index contributed by atoms with van der Waals surface area (Å²) in [6.45, 7) is 7.62. The van der Waals surface area contributed by atoms with Gasteiger partial charge in [-0.05, 0) is 27.2 Å². The topological polar surface area (TPSA) is 52.6 Å². The third-order valence-electron chi connectivity index (χ3n) is 2.37. The first-order valence-electron chi connectivity index (χ1n) is 6.07. The lowest BCUT2D eigenvalue weighted by atomic mass is 9.83. The first kappa shape index (κ1) is 15.7. The van der Waals surface area contributed by atoms with Crippen molar-refractivity contribution in [2.45, 2.75) is 40.5 Å². The molecule has 0 heterocycles. The molecule has 0 unspecified atom stereocenters. The Bertz CT molecular complexity index is 263. The number of carbonyl (C=O) groups is 2. The van der Waals surface area contributed by atoms with E-state index in [1.54, 1.807) is 32.9 Å². The highest BCUT2D eigenvalue weighted by molar-refractivity contribution is 6.02. The Morgan fingerprint density at radius 1 is 1.06 bits per heavy atom. The molecule has 0 aliphatic rings. The van der Waals surface area contributed by atoms with Gasteiger partial charge in [0.2, 0.25) is 0 Å². The summed E-state index contributed by atoms with van der Waals surface area (Å²) in [5.41, 5.74) is -1.28. The molecule has 0 saturated heterocycles. The van der Waals surface area contributed by atoms with E-state index >= 15 is 0 Å². The highest BCUT2D eigenvalue weighted by Crippen LogP contribution is 2.30. The van der Waals surface area contributed by atoms with Gasteiger partial charge >= 0.3 is 11.9 Å². The summed E-state index contributed by atoms with van der Waals surface area (Å²) in [6.07, 6.45) is 4.35. The van der Waals surface area contributed by atoms with Gasteiger partial charge in [-0.1, -0.05) is 25.5 Å². The van der Waals surface area contributed by atoms with Crippen LogP contribution in [0.1, 0.15) is 40.5 Å². The summed E-state index contributed by atoms with van der Waals surface area (Å²) in [6, 6.07) is 0. The molecule has 17 heavy (non-hydrogen) atoms. The van der Waals surface area contributed by atoms with Crippen LogP contribution in [0.25, 0.3) is 0 Å². The maximum atomic E-state index is 12.0. The van der Waals surface area contributed by atoms with Crippen LogP contribution in [0.5, 0.6) is 0 Å². The van der Waals surface area contributed by atoms with Gasteiger partial charge in [0.1, 0.15) is 0 Å². The van der Waals surface area contributed by atoms with E-state index in [0.717, 1.165) is 0 Å². The van der Waals surface area contributed by atoms with Crippen molar-refractivity contribution in [1.29, 1.82) is 0 Å². The molecule has 4 nitrogen and oxygen atoms in total. The van der Waals surface area contributed by atoms with E-state index in [0.29, 0.717) is 12.8 Å². The second-order valence-electron chi connectivity index (χ2n) is 3.66. The zero-order chi connectivity index (χ0) is 13.3. The van der Waals surface area contributed by atoms with Crippen LogP contribution in [0.15, 0.2) is 12.2 Å². The molecule has 0 radical (unpaired) electrons. The van der Waals surface area contributed by atoms with E-state index in [2.05, 4.69) is 0 Å². The minimum atomic E-state index is -1.28. The summed E-state index contributed by atoms with van der Waals surface area (Å²) in [7, 11) is 0. The van der Waals surface area contributed by atoms with Crippen LogP contribution in [0.3, 0.4) is 0 Å². The summed E-state index contributed by atoms with van der Waals surface area (Å²) in [5, 5.41) is 0. The van der Waals surface area contributed by atoms with E-state index in [4.69, 9.17) is 9.47 Å². The van der Waals surface area contributed by atoms with Crippen molar-refractivity contribution in [3.05, 3.63) is 12.2 Å². The smallest absolute Gasteiger partial charge is 0.327 e. The van der Waals surface area contributed by atoms with E-state index in [1.165, 1.54) is 0 Å². The van der Waals surface area contributed by atoms with Crippen LogP contribution in [0, 0.1) is 5.41 Å². The summed E-state index contributed by atoms with van der Waals surface area (Å²) in [5.74, 6) is -1.06. The van der Waals surface area contributed by atoms with Crippen LogP contribution in [-0.2, 0) is 19.1 Å². The monoisotopic (exact) mass is 242 g/mol. The highest BCUT2D eigenvalue weighted by atomic mass is 16.6. The molecule has 0 spiro atoms. The van der Waals surface area contributed by atoms with Crippen molar-refractivity contribution in [3.8, 4) is 0 Å². The normalized spacial score (nSPS) is 11.5. The minimum absolute atomic E-state index is 0.251. The number of ether oxygens (including phenoxy) is 2. The molecule has 4 heteroatoms. The molecule has 0 rings (SSSR count). The molecule has 0 aromatic carbocycles. The molecule has 98 valence electrons. The van der Waals surface area contributed by atoms with Gasteiger partial charge in [0.05, 0.1) is 13.2 Å². The third kappa shape index (κ3) is 3.88. The van der Waals surface area contributed by atoms with E-state index in [1.807, 2.05) is 6.92 Å². The Kier molecular flexibility index (Phi) is 7.26. The fourth-order valence-corrected chi connectivity index (χ4v) is 1.71. The van der Waals surface area contributed by atoms with Gasteiger partial charge in [-0.3, -0.25) is 9.59 Å². The molecule has 0 aromatic heterocycles. The average Bonchev–Trinajstić information content (AvgIpc) is 2.29. The lowest BCUT2D eigenvalue weighted by Gasteiger charge is -2.25. The predicted molar refractivity (Wildman–Crippen MR) is 65.4 cm³/mol. The van der Waals surface area contributed by atoms with E-state index in [-0.39, 0.29) is 13.2 Å². The average molecular weight is 242 g/mol. The summed E-state index contributed by atoms with van der Waals surface area (Å²) >= 11 is 0.